The number of rotatable bonds is 11. The fourth-order valence-electron chi connectivity index (χ4n) is 5.36. The van der Waals surface area contributed by atoms with Crippen LogP contribution in [0.1, 0.15) is 84.2 Å². The number of ether oxygens (including phenoxy) is 4. The number of nitrogens with zero attached hydrogens (tertiary/aromatic N) is 3. The van der Waals surface area contributed by atoms with Crippen LogP contribution in [-0.4, -0.2) is 54.4 Å². The smallest absolute Gasteiger partial charge is 0.340 e. The molecule has 0 saturated carbocycles. The van der Waals surface area contributed by atoms with Crippen molar-refractivity contribution in [3.05, 3.63) is 65.6 Å². The van der Waals surface area contributed by atoms with Crippen molar-refractivity contribution in [2.45, 2.75) is 92.5 Å². The van der Waals surface area contributed by atoms with Crippen molar-refractivity contribution in [1.29, 1.82) is 0 Å². The Hall–Kier alpha value is -3.65. The molecule has 0 bridgehead atoms. The summed E-state index contributed by atoms with van der Waals surface area (Å²) in [5.74, 6) is 1.12. The van der Waals surface area contributed by atoms with Crippen LogP contribution < -0.4 is 14.4 Å². The lowest BCUT2D eigenvalue weighted by Crippen LogP contribution is -2.39. The van der Waals surface area contributed by atoms with E-state index in [1.807, 2.05) is 84.1 Å². The van der Waals surface area contributed by atoms with Crippen molar-refractivity contribution < 1.29 is 23.7 Å². The Balaban J connectivity index is 1.68. The molecule has 1 aromatic carbocycles. The Bertz CT molecular complexity index is 1390. The summed E-state index contributed by atoms with van der Waals surface area (Å²) in [6, 6.07) is 11.9. The lowest BCUT2D eigenvalue weighted by atomic mass is 9.82. The predicted octanol–water partition coefficient (Wildman–Crippen LogP) is 7.52. The molecule has 1 aliphatic heterocycles. The molecule has 3 aromatic rings. The van der Waals surface area contributed by atoms with E-state index in [2.05, 4.69) is 18.7 Å². The van der Waals surface area contributed by atoms with Crippen LogP contribution in [0.5, 0.6) is 11.5 Å². The maximum Gasteiger partial charge on any atom is 0.340 e. The van der Waals surface area contributed by atoms with Gasteiger partial charge in [-0.3, -0.25) is 9.97 Å². The number of carbonyl (C=O) groups is 1. The van der Waals surface area contributed by atoms with Crippen molar-refractivity contribution in [3.63, 3.8) is 0 Å². The van der Waals surface area contributed by atoms with Gasteiger partial charge in [0.15, 0.2) is 6.10 Å². The molecule has 0 aliphatic carbocycles. The van der Waals surface area contributed by atoms with E-state index in [-0.39, 0.29) is 11.5 Å². The highest BCUT2D eigenvalue weighted by atomic mass is 16.6. The second-order valence-electron chi connectivity index (χ2n) is 13.6. The number of benzene rings is 1. The molecular weight excluding hydrogens is 554 g/mol. The molecule has 0 radical (unpaired) electrons. The van der Waals surface area contributed by atoms with E-state index in [1.165, 1.54) is 5.56 Å². The van der Waals surface area contributed by atoms with E-state index in [0.717, 1.165) is 66.3 Å². The number of piperidine rings is 1. The topological polar surface area (TPSA) is 83.0 Å². The molecule has 0 unspecified atom stereocenters. The minimum Gasteiger partial charge on any atom is -0.497 e. The number of aryl methyl sites for hydroxylation is 1. The third-order valence-corrected chi connectivity index (χ3v) is 7.85. The van der Waals surface area contributed by atoms with E-state index in [1.54, 1.807) is 13.3 Å². The first-order valence-corrected chi connectivity index (χ1v) is 15.6. The molecule has 2 aromatic heterocycles. The van der Waals surface area contributed by atoms with E-state index >= 15 is 0 Å². The second kappa shape index (κ2) is 14.0. The standard InChI is InChI=1S/C36H49N3O5/c1-24(2)43-34(40)33(44-35(4,5)6)31-25(3)37-23-29(32(31)39-19-17-36(7,8)18-20-39)30-15-14-28(22-38-30)42-21-16-26-10-12-27(41-9)13-11-26/h10-15,22-24,33H,16-21H2,1-9H3/t33-/m0/s1. The van der Waals surface area contributed by atoms with Crippen molar-refractivity contribution >= 4 is 11.7 Å². The van der Waals surface area contributed by atoms with E-state index < -0.39 is 17.7 Å². The van der Waals surface area contributed by atoms with Gasteiger partial charge in [0.2, 0.25) is 0 Å². The molecule has 8 nitrogen and oxygen atoms in total. The SMILES string of the molecule is COc1ccc(CCOc2ccc(-c3cnc(C)c([C@H](OC(C)(C)C)C(=O)OC(C)C)c3N3CCC(C)(C)CC3)nc2)cc1. The third-order valence-electron chi connectivity index (χ3n) is 7.85. The highest BCUT2D eigenvalue weighted by Crippen LogP contribution is 2.43. The van der Waals surface area contributed by atoms with Crippen LogP contribution in [0, 0.1) is 12.3 Å². The minimum absolute atomic E-state index is 0.250. The number of methoxy groups -OCH3 is 1. The second-order valence-corrected chi connectivity index (χ2v) is 13.6. The lowest BCUT2D eigenvalue weighted by Gasteiger charge is -2.41. The van der Waals surface area contributed by atoms with Gasteiger partial charge in [-0.05, 0) is 89.6 Å². The van der Waals surface area contributed by atoms with Crippen LogP contribution in [-0.2, 0) is 20.7 Å². The van der Waals surface area contributed by atoms with Crippen molar-refractivity contribution in [3.8, 4) is 22.8 Å². The van der Waals surface area contributed by atoms with Gasteiger partial charge in [-0.1, -0.05) is 26.0 Å². The quantitative estimate of drug-likeness (QED) is 0.208. The first-order chi connectivity index (χ1) is 20.8. The number of carbonyl (C=O) groups excluding carboxylic acids is 1. The van der Waals surface area contributed by atoms with Crippen LogP contribution >= 0.6 is 0 Å². The van der Waals surface area contributed by atoms with Crippen molar-refractivity contribution in [2.75, 3.05) is 31.7 Å². The van der Waals surface area contributed by atoms with Crippen molar-refractivity contribution in [1.82, 2.24) is 9.97 Å². The summed E-state index contributed by atoms with van der Waals surface area (Å²) in [5.41, 5.74) is 4.86. The average Bonchev–Trinajstić information content (AvgIpc) is 2.96. The van der Waals surface area contributed by atoms with E-state index in [9.17, 15) is 4.79 Å². The number of hydrogen-bond acceptors (Lipinski definition) is 8. The Kier molecular flexibility index (Phi) is 10.6. The third kappa shape index (κ3) is 8.72. The molecule has 44 heavy (non-hydrogen) atoms. The summed E-state index contributed by atoms with van der Waals surface area (Å²) >= 11 is 0. The molecule has 4 rings (SSSR count). The Morgan fingerprint density at radius 3 is 2.20 bits per heavy atom. The molecule has 1 atom stereocenters. The van der Waals surface area contributed by atoms with Gasteiger partial charge in [0.05, 0.1) is 43.0 Å². The molecule has 0 spiro atoms. The fraction of sp³-hybridized carbons (Fsp3) is 0.528. The first kappa shape index (κ1) is 33.2. The van der Waals surface area contributed by atoms with Gasteiger partial charge in [-0.15, -0.1) is 0 Å². The van der Waals surface area contributed by atoms with Gasteiger partial charge in [0, 0.05) is 42.5 Å². The maximum atomic E-state index is 13.6. The molecule has 238 valence electrons. The summed E-state index contributed by atoms with van der Waals surface area (Å²) in [4.78, 5) is 25.6. The lowest BCUT2D eigenvalue weighted by molar-refractivity contribution is -0.171. The number of anilines is 1. The van der Waals surface area contributed by atoms with E-state index in [4.69, 9.17) is 28.9 Å². The molecule has 1 aliphatic rings. The predicted molar refractivity (Wildman–Crippen MR) is 174 cm³/mol. The molecule has 0 amide bonds. The normalized spacial score (nSPS) is 15.6. The number of pyridine rings is 2. The zero-order valence-electron chi connectivity index (χ0n) is 27.9. The molecule has 8 heteroatoms. The Morgan fingerprint density at radius 2 is 1.64 bits per heavy atom. The van der Waals surface area contributed by atoms with Gasteiger partial charge in [0.1, 0.15) is 11.5 Å². The van der Waals surface area contributed by atoms with Crippen LogP contribution in [0.15, 0.2) is 48.8 Å². The van der Waals surface area contributed by atoms with Crippen molar-refractivity contribution in [2.24, 2.45) is 5.41 Å². The van der Waals surface area contributed by atoms with Gasteiger partial charge in [-0.25, -0.2) is 4.79 Å². The van der Waals surface area contributed by atoms with E-state index in [0.29, 0.717) is 12.4 Å². The molecule has 1 fully saturated rings. The minimum atomic E-state index is -0.935. The highest BCUT2D eigenvalue weighted by molar-refractivity contribution is 5.86. The fourth-order valence-corrected chi connectivity index (χ4v) is 5.36. The highest BCUT2D eigenvalue weighted by Gasteiger charge is 2.37. The van der Waals surface area contributed by atoms with Crippen LogP contribution in [0.4, 0.5) is 5.69 Å². The molecular formula is C36H49N3O5. The molecule has 0 N–H and O–H groups in total. The van der Waals surface area contributed by atoms with Gasteiger partial charge in [-0.2, -0.15) is 0 Å². The maximum absolute atomic E-state index is 13.6. The van der Waals surface area contributed by atoms with Crippen LogP contribution in [0.25, 0.3) is 11.3 Å². The number of esters is 1. The van der Waals surface area contributed by atoms with Crippen LogP contribution in [0.3, 0.4) is 0 Å². The average molecular weight is 604 g/mol. The summed E-state index contributed by atoms with van der Waals surface area (Å²) < 4.78 is 23.5. The Morgan fingerprint density at radius 1 is 0.977 bits per heavy atom. The van der Waals surface area contributed by atoms with Gasteiger partial charge in [0.25, 0.3) is 0 Å². The zero-order chi connectivity index (χ0) is 32.1. The summed E-state index contributed by atoms with van der Waals surface area (Å²) in [6.07, 6.45) is 5.24. The van der Waals surface area contributed by atoms with Crippen LogP contribution in [0.2, 0.25) is 0 Å². The molecule has 3 heterocycles. The zero-order valence-corrected chi connectivity index (χ0v) is 27.9. The summed E-state index contributed by atoms with van der Waals surface area (Å²) in [5, 5.41) is 0. The molecule has 1 saturated heterocycles. The first-order valence-electron chi connectivity index (χ1n) is 15.6. The van der Waals surface area contributed by atoms with Gasteiger partial charge >= 0.3 is 5.97 Å². The monoisotopic (exact) mass is 603 g/mol. The largest absolute Gasteiger partial charge is 0.497 e. The summed E-state index contributed by atoms with van der Waals surface area (Å²) in [6.45, 7) is 18.3. The summed E-state index contributed by atoms with van der Waals surface area (Å²) in [7, 11) is 1.66. The Labute approximate surface area is 263 Å². The van der Waals surface area contributed by atoms with Gasteiger partial charge < -0.3 is 23.8 Å². The number of hydrogen-bond donors (Lipinski definition) is 0. The number of aromatic nitrogens is 2.